The van der Waals surface area contributed by atoms with Crippen LogP contribution in [0.2, 0.25) is 0 Å². The lowest BCUT2D eigenvalue weighted by Gasteiger charge is -2.19. The minimum Gasteiger partial charge on any atom is -0.480 e. The molecule has 6 nitrogen and oxygen atoms in total. The van der Waals surface area contributed by atoms with Gasteiger partial charge in [-0.15, -0.1) is 0 Å². The molecule has 1 aromatic carbocycles. The monoisotopic (exact) mass is 406 g/mol. The largest absolute Gasteiger partial charge is 0.480 e. The van der Waals surface area contributed by atoms with Crippen LogP contribution in [0.25, 0.3) is 6.08 Å². The van der Waals surface area contributed by atoms with E-state index in [4.69, 9.17) is 17.3 Å². The SMILES string of the molecule is Cc1ccc(/C=C2/SC(=S)N(CCC(=O)N[C@@H](C(=O)O)C(C)C)C2=O)cc1. The van der Waals surface area contributed by atoms with Crippen LogP contribution in [-0.2, 0) is 14.4 Å². The molecule has 0 spiro atoms. The Balaban J connectivity index is 1.98. The van der Waals surface area contributed by atoms with Gasteiger partial charge in [0.15, 0.2) is 0 Å². The molecule has 0 saturated carbocycles. The molecule has 27 heavy (non-hydrogen) atoms. The van der Waals surface area contributed by atoms with E-state index < -0.39 is 17.9 Å². The van der Waals surface area contributed by atoms with E-state index >= 15 is 0 Å². The number of benzene rings is 1. The number of aliphatic carboxylic acids is 1. The molecule has 1 atom stereocenters. The number of amides is 2. The van der Waals surface area contributed by atoms with Crippen molar-refractivity contribution in [3.8, 4) is 0 Å². The molecule has 8 heteroatoms. The Kier molecular flexibility index (Phi) is 7.15. The van der Waals surface area contributed by atoms with Gasteiger partial charge in [0.05, 0.1) is 4.91 Å². The first kappa shape index (κ1) is 21.1. The van der Waals surface area contributed by atoms with Crippen LogP contribution >= 0.6 is 24.0 Å². The number of thioether (sulfide) groups is 1. The topological polar surface area (TPSA) is 86.7 Å². The maximum Gasteiger partial charge on any atom is 0.326 e. The van der Waals surface area contributed by atoms with Crippen LogP contribution in [0.5, 0.6) is 0 Å². The third-order valence-corrected chi connectivity index (χ3v) is 5.44. The second kappa shape index (κ2) is 9.14. The van der Waals surface area contributed by atoms with Gasteiger partial charge in [0, 0.05) is 13.0 Å². The lowest BCUT2D eigenvalue weighted by atomic mass is 10.0. The molecule has 2 amide bonds. The highest BCUT2D eigenvalue weighted by Crippen LogP contribution is 2.32. The third-order valence-electron chi connectivity index (χ3n) is 4.06. The Morgan fingerprint density at radius 3 is 2.48 bits per heavy atom. The molecule has 0 aliphatic carbocycles. The normalized spacial score (nSPS) is 16.9. The van der Waals surface area contributed by atoms with Gasteiger partial charge < -0.3 is 10.4 Å². The van der Waals surface area contributed by atoms with Crippen LogP contribution in [-0.4, -0.2) is 44.7 Å². The number of hydrogen-bond acceptors (Lipinski definition) is 5. The lowest BCUT2D eigenvalue weighted by molar-refractivity contribution is -0.143. The molecule has 0 bridgehead atoms. The zero-order valence-corrected chi connectivity index (χ0v) is 17.0. The number of hydrogen-bond donors (Lipinski definition) is 2. The van der Waals surface area contributed by atoms with Crippen molar-refractivity contribution in [3.05, 3.63) is 40.3 Å². The van der Waals surface area contributed by atoms with Crippen LogP contribution in [0.4, 0.5) is 0 Å². The molecule has 0 unspecified atom stereocenters. The highest BCUT2D eigenvalue weighted by molar-refractivity contribution is 8.26. The predicted molar refractivity (Wildman–Crippen MR) is 110 cm³/mol. The minimum absolute atomic E-state index is 0.0131. The van der Waals surface area contributed by atoms with Gasteiger partial charge in [0.2, 0.25) is 5.91 Å². The quantitative estimate of drug-likeness (QED) is 0.535. The first-order chi connectivity index (χ1) is 12.7. The molecule has 1 aromatic rings. The van der Waals surface area contributed by atoms with Gasteiger partial charge in [-0.2, -0.15) is 0 Å². The maximum atomic E-state index is 12.6. The Morgan fingerprint density at radius 1 is 1.30 bits per heavy atom. The molecular weight excluding hydrogens is 384 g/mol. The average Bonchev–Trinajstić information content (AvgIpc) is 2.86. The summed E-state index contributed by atoms with van der Waals surface area (Å²) in [5.41, 5.74) is 2.03. The first-order valence-corrected chi connectivity index (χ1v) is 9.75. The van der Waals surface area contributed by atoms with E-state index in [9.17, 15) is 14.4 Å². The minimum atomic E-state index is -1.08. The van der Waals surface area contributed by atoms with E-state index in [2.05, 4.69) is 5.32 Å². The van der Waals surface area contributed by atoms with Crippen LogP contribution in [0, 0.1) is 12.8 Å². The fourth-order valence-corrected chi connectivity index (χ4v) is 3.79. The van der Waals surface area contributed by atoms with Gasteiger partial charge in [-0.1, -0.05) is 67.7 Å². The number of nitrogens with zero attached hydrogens (tertiary/aromatic N) is 1. The fraction of sp³-hybridized carbons (Fsp3) is 0.368. The molecule has 1 aliphatic rings. The van der Waals surface area contributed by atoms with Gasteiger partial charge in [-0.3, -0.25) is 14.5 Å². The second-order valence-corrected chi connectivity index (χ2v) is 8.30. The maximum absolute atomic E-state index is 12.6. The third kappa shape index (κ3) is 5.64. The number of carboxylic acid groups (broad SMARTS) is 1. The van der Waals surface area contributed by atoms with Crippen molar-refractivity contribution in [2.75, 3.05) is 6.54 Å². The summed E-state index contributed by atoms with van der Waals surface area (Å²) in [5, 5.41) is 11.6. The molecule has 1 saturated heterocycles. The van der Waals surface area contributed by atoms with Gasteiger partial charge in [0.1, 0.15) is 10.4 Å². The van der Waals surface area contributed by atoms with Gasteiger partial charge in [-0.25, -0.2) is 4.79 Å². The summed E-state index contributed by atoms with van der Waals surface area (Å²) >= 11 is 6.46. The van der Waals surface area contributed by atoms with Crippen molar-refractivity contribution >= 4 is 52.2 Å². The summed E-state index contributed by atoms with van der Waals surface area (Å²) in [6, 6.07) is 6.82. The van der Waals surface area contributed by atoms with Crippen LogP contribution < -0.4 is 5.32 Å². The molecule has 0 radical (unpaired) electrons. The van der Waals surface area contributed by atoms with E-state index in [1.165, 1.54) is 16.7 Å². The van der Waals surface area contributed by atoms with E-state index in [1.54, 1.807) is 19.9 Å². The number of carbonyl (C=O) groups excluding carboxylic acids is 2. The zero-order chi connectivity index (χ0) is 20.1. The Morgan fingerprint density at radius 2 is 1.93 bits per heavy atom. The van der Waals surface area contributed by atoms with Crippen molar-refractivity contribution in [2.24, 2.45) is 5.92 Å². The van der Waals surface area contributed by atoms with Crippen LogP contribution in [0.3, 0.4) is 0 Å². The van der Waals surface area contributed by atoms with Crippen molar-refractivity contribution in [1.82, 2.24) is 10.2 Å². The van der Waals surface area contributed by atoms with Crippen LogP contribution in [0.15, 0.2) is 29.2 Å². The zero-order valence-electron chi connectivity index (χ0n) is 15.4. The van der Waals surface area contributed by atoms with Crippen molar-refractivity contribution in [2.45, 2.75) is 33.2 Å². The molecule has 2 N–H and O–H groups in total. The molecule has 1 heterocycles. The predicted octanol–water partition coefficient (Wildman–Crippen LogP) is 2.81. The lowest BCUT2D eigenvalue weighted by Crippen LogP contribution is -2.45. The smallest absolute Gasteiger partial charge is 0.326 e. The van der Waals surface area contributed by atoms with Gasteiger partial charge >= 0.3 is 5.97 Å². The highest BCUT2D eigenvalue weighted by atomic mass is 32.2. The molecule has 0 aromatic heterocycles. The number of nitrogens with one attached hydrogen (secondary N) is 1. The molecule has 144 valence electrons. The Hall–Kier alpha value is -2.19. The second-order valence-electron chi connectivity index (χ2n) is 6.62. The van der Waals surface area contributed by atoms with E-state index in [1.807, 2.05) is 31.2 Å². The van der Waals surface area contributed by atoms with Crippen molar-refractivity contribution < 1.29 is 19.5 Å². The van der Waals surface area contributed by atoms with E-state index in [0.29, 0.717) is 9.23 Å². The number of carbonyl (C=O) groups is 3. The Bertz CT molecular complexity index is 787. The molecular formula is C19H22N2O4S2. The summed E-state index contributed by atoms with van der Waals surface area (Å²) in [5.74, 6) is -1.98. The van der Waals surface area contributed by atoms with E-state index in [0.717, 1.165) is 11.1 Å². The van der Waals surface area contributed by atoms with Gasteiger partial charge in [0.25, 0.3) is 5.91 Å². The number of thiocarbonyl (C=S) groups is 1. The summed E-state index contributed by atoms with van der Waals surface area (Å²) < 4.78 is 0.393. The number of rotatable bonds is 7. The first-order valence-electron chi connectivity index (χ1n) is 8.53. The summed E-state index contributed by atoms with van der Waals surface area (Å²) in [4.78, 5) is 37.7. The summed E-state index contributed by atoms with van der Waals surface area (Å²) in [6.07, 6.45) is 1.76. The van der Waals surface area contributed by atoms with Gasteiger partial charge in [-0.05, 0) is 24.5 Å². The molecule has 1 fully saturated rings. The highest BCUT2D eigenvalue weighted by Gasteiger charge is 2.32. The van der Waals surface area contributed by atoms with E-state index in [-0.39, 0.29) is 24.8 Å². The van der Waals surface area contributed by atoms with Crippen LogP contribution in [0.1, 0.15) is 31.4 Å². The van der Waals surface area contributed by atoms with Crippen molar-refractivity contribution in [1.29, 1.82) is 0 Å². The summed E-state index contributed by atoms with van der Waals surface area (Å²) in [7, 11) is 0. The molecule has 2 rings (SSSR count). The fourth-order valence-electron chi connectivity index (χ4n) is 2.48. The van der Waals surface area contributed by atoms with Crippen molar-refractivity contribution in [3.63, 3.8) is 0 Å². The standard InChI is InChI=1S/C19H22N2O4S2/c1-11(2)16(18(24)25)20-15(22)8-9-21-17(23)14(27-19(21)26)10-13-6-4-12(3)5-7-13/h4-7,10-11,16H,8-9H2,1-3H3,(H,20,22)(H,24,25)/b14-10+/t16-/m1/s1. The average molecular weight is 407 g/mol. The molecule has 1 aliphatic heterocycles. The summed E-state index contributed by atoms with van der Waals surface area (Å²) in [6.45, 7) is 5.54. The number of carboxylic acids is 1. The number of aryl methyl sites for hydroxylation is 1. The Labute approximate surface area is 168 Å².